The van der Waals surface area contributed by atoms with Crippen LogP contribution in [-0.2, 0) is 9.53 Å². The van der Waals surface area contributed by atoms with Crippen LogP contribution >= 0.6 is 0 Å². The van der Waals surface area contributed by atoms with Crippen molar-refractivity contribution in [2.45, 2.75) is 25.8 Å². The van der Waals surface area contributed by atoms with Gasteiger partial charge in [0, 0.05) is 5.56 Å². The predicted octanol–water partition coefficient (Wildman–Crippen LogP) is 1.76. The minimum atomic E-state index is -0.572. The number of carbonyl (C=O) groups is 2. The second-order valence-electron chi connectivity index (χ2n) is 3.70. The van der Waals surface area contributed by atoms with Crippen molar-refractivity contribution in [3.8, 4) is 0 Å². The van der Waals surface area contributed by atoms with E-state index < -0.39 is 12.0 Å². The van der Waals surface area contributed by atoms with Crippen LogP contribution in [0.15, 0.2) is 30.3 Å². The van der Waals surface area contributed by atoms with E-state index in [1.54, 1.807) is 24.3 Å². The molecule has 1 aromatic rings. The Morgan fingerprint density at radius 3 is 2.47 bits per heavy atom. The molecule has 0 aliphatic rings. The van der Waals surface area contributed by atoms with Gasteiger partial charge in [0.05, 0.1) is 7.11 Å². The van der Waals surface area contributed by atoms with Gasteiger partial charge in [0.1, 0.15) is 6.04 Å². The number of ether oxygens (including phenoxy) is 1. The Bertz CT molecular complexity index is 376. The molecule has 0 bridgehead atoms. The first kappa shape index (κ1) is 13.2. The maximum Gasteiger partial charge on any atom is 0.328 e. The monoisotopic (exact) mass is 235 g/mol. The summed E-state index contributed by atoms with van der Waals surface area (Å²) in [6.45, 7) is 1.95. The molecule has 0 spiro atoms. The van der Waals surface area contributed by atoms with Crippen LogP contribution in [0.1, 0.15) is 30.1 Å². The van der Waals surface area contributed by atoms with Crippen molar-refractivity contribution in [1.82, 2.24) is 5.32 Å². The van der Waals surface area contributed by atoms with Crippen molar-refractivity contribution < 1.29 is 14.3 Å². The molecule has 1 N–H and O–H groups in total. The van der Waals surface area contributed by atoms with Gasteiger partial charge in [0.25, 0.3) is 5.91 Å². The molecule has 0 saturated carbocycles. The Labute approximate surface area is 101 Å². The fourth-order valence-corrected chi connectivity index (χ4v) is 1.51. The highest BCUT2D eigenvalue weighted by molar-refractivity contribution is 5.96. The van der Waals surface area contributed by atoms with Gasteiger partial charge in [0.15, 0.2) is 0 Å². The maximum absolute atomic E-state index is 11.8. The van der Waals surface area contributed by atoms with Gasteiger partial charge in [0.2, 0.25) is 0 Å². The van der Waals surface area contributed by atoms with Gasteiger partial charge in [-0.3, -0.25) is 4.79 Å². The highest BCUT2D eigenvalue weighted by atomic mass is 16.5. The van der Waals surface area contributed by atoms with Gasteiger partial charge in [-0.05, 0) is 18.6 Å². The van der Waals surface area contributed by atoms with Gasteiger partial charge in [-0.25, -0.2) is 4.79 Å². The molecule has 0 aromatic heterocycles. The number of benzene rings is 1. The maximum atomic E-state index is 11.8. The summed E-state index contributed by atoms with van der Waals surface area (Å²) in [5, 5.41) is 2.67. The molecule has 4 heteroatoms. The number of esters is 1. The minimum Gasteiger partial charge on any atom is -0.467 e. The van der Waals surface area contributed by atoms with E-state index in [1.165, 1.54) is 7.11 Å². The van der Waals surface area contributed by atoms with Crippen LogP contribution in [0, 0.1) is 0 Å². The average molecular weight is 235 g/mol. The molecule has 0 radical (unpaired) electrons. The third-order valence-electron chi connectivity index (χ3n) is 2.40. The Balaban J connectivity index is 2.67. The van der Waals surface area contributed by atoms with Crippen molar-refractivity contribution in [3.05, 3.63) is 35.9 Å². The Morgan fingerprint density at radius 2 is 1.94 bits per heavy atom. The summed E-state index contributed by atoms with van der Waals surface area (Å²) in [5.41, 5.74) is 0.539. The Kier molecular flexibility index (Phi) is 5.20. The lowest BCUT2D eigenvalue weighted by molar-refractivity contribution is -0.143. The molecule has 4 nitrogen and oxygen atoms in total. The van der Waals surface area contributed by atoms with Crippen LogP contribution in [-0.4, -0.2) is 25.0 Å². The van der Waals surface area contributed by atoms with Crippen molar-refractivity contribution in [2.24, 2.45) is 0 Å². The predicted molar refractivity (Wildman–Crippen MR) is 64.6 cm³/mol. The smallest absolute Gasteiger partial charge is 0.328 e. The second kappa shape index (κ2) is 6.68. The number of hydrogen-bond acceptors (Lipinski definition) is 3. The van der Waals surface area contributed by atoms with Crippen molar-refractivity contribution in [2.75, 3.05) is 7.11 Å². The number of hydrogen-bond donors (Lipinski definition) is 1. The van der Waals surface area contributed by atoms with Gasteiger partial charge < -0.3 is 10.1 Å². The largest absolute Gasteiger partial charge is 0.467 e. The normalized spacial score (nSPS) is 11.6. The molecular weight excluding hydrogens is 218 g/mol. The molecule has 0 fully saturated rings. The lowest BCUT2D eigenvalue weighted by Gasteiger charge is -2.15. The lowest BCUT2D eigenvalue weighted by Crippen LogP contribution is -2.41. The van der Waals surface area contributed by atoms with E-state index in [0.29, 0.717) is 12.0 Å². The molecule has 0 aliphatic carbocycles. The van der Waals surface area contributed by atoms with Crippen molar-refractivity contribution >= 4 is 11.9 Å². The minimum absolute atomic E-state index is 0.255. The molecule has 1 atom stereocenters. The van der Waals surface area contributed by atoms with Crippen LogP contribution in [0.3, 0.4) is 0 Å². The van der Waals surface area contributed by atoms with Crippen LogP contribution in [0.25, 0.3) is 0 Å². The molecular formula is C13H17NO3. The average Bonchev–Trinajstić information content (AvgIpc) is 2.38. The van der Waals surface area contributed by atoms with Gasteiger partial charge in [-0.1, -0.05) is 31.5 Å². The summed E-state index contributed by atoms with van der Waals surface area (Å²) in [4.78, 5) is 23.3. The summed E-state index contributed by atoms with van der Waals surface area (Å²) in [6.07, 6.45) is 1.38. The molecule has 0 unspecified atom stereocenters. The quantitative estimate of drug-likeness (QED) is 0.791. The first-order valence-electron chi connectivity index (χ1n) is 5.62. The van der Waals surface area contributed by atoms with Crippen LogP contribution in [0.2, 0.25) is 0 Å². The van der Waals surface area contributed by atoms with Gasteiger partial charge in [-0.2, -0.15) is 0 Å². The lowest BCUT2D eigenvalue weighted by atomic mass is 10.1. The zero-order chi connectivity index (χ0) is 12.7. The van der Waals surface area contributed by atoms with Crippen molar-refractivity contribution in [3.63, 3.8) is 0 Å². The third-order valence-corrected chi connectivity index (χ3v) is 2.40. The Hall–Kier alpha value is -1.84. The molecule has 1 rings (SSSR count). The fraction of sp³-hybridized carbons (Fsp3) is 0.385. The van der Waals surface area contributed by atoms with Crippen LogP contribution in [0.5, 0.6) is 0 Å². The van der Waals surface area contributed by atoms with Crippen molar-refractivity contribution in [1.29, 1.82) is 0 Å². The molecule has 17 heavy (non-hydrogen) atoms. The van der Waals surface area contributed by atoms with Crippen LogP contribution in [0.4, 0.5) is 0 Å². The zero-order valence-corrected chi connectivity index (χ0v) is 10.1. The van der Waals surface area contributed by atoms with E-state index in [0.717, 1.165) is 6.42 Å². The first-order valence-corrected chi connectivity index (χ1v) is 5.62. The highest BCUT2D eigenvalue weighted by Gasteiger charge is 2.20. The summed E-state index contributed by atoms with van der Waals surface area (Å²) >= 11 is 0. The molecule has 1 amide bonds. The SMILES string of the molecule is CCC[C@H](NC(=O)c1ccccc1)C(=O)OC. The summed E-state index contributed by atoms with van der Waals surface area (Å²) in [7, 11) is 1.32. The van der Waals surface area contributed by atoms with Gasteiger partial charge >= 0.3 is 5.97 Å². The standard InChI is InChI=1S/C13H17NO3/c1-3-7-11(13(16)17-2)14-12(15)10-8-5-4-6-9-10/h4-6,8-9,11H,3,7H2,1-2H3,(H,14,15)/t11-/m0/s1. The number of amides is 1. The van der Waals surface area contributed by atoms with E-state index in [1.807, 2.05) is 13.0 Å². The van der Waals surface area contributed by atoms with E-state index in [4.69, 9.17) is 0 Å². The zero-order valence-electron chi connectivity index (χ0n) is 10.1. The summed E-state index contributed by atoms with van der Waals surface area (Å²) < 4.78 is 4.65. The molecule has 0 heterocycles. The first-order chi connectivity index (χ1) is 8.19. The molecule has 1 aromatic carbocycles. The summed E-state index contributed by atoms with van der Waals surface area (Å²) in [5.74, 6) is -0.661. The topological polar surface area (TPSA) is 55.4 Å². The number of methoxy groups -OCH3 is 1. The second-order valence-corrected chi connectivity index (χ2v) is 3.70. The number of nitrogens with one attached hydrogen (secondary N) is 1. The van der Waals surface area contributed by atoms with E-state index in [2.05, 4.69) is 10.1 Å². The van der Waals surface area contributed by atoms with Gasteiger partial charge in [-0.15, -0.1) is 0 Å². The van der Waals surface area contributed by atoms with E-state index >= 15 is 0 Å². The molecule has 92 valence electrons. The van der Waals surface area contributed by atoms with Crippen LogP contribution < -0.4 is 5.32 Å². The summed E-state index contributed by atoms with van der Waals surface area (Å²) in [6, 6.07) is 8.23. The molecule has 0 saturated heterocycles. The molecule has 0 aliphatic heterocycles. The highest BCUT2D eigenvalue weighted by Crippen LogP contribution is 2.03. The number of carbonyl (C=O) groups excluding carboxylic acids is 2. The fourth-order valence-electron chi connectivity index (χ4n) is 1.51. The van der Waals surface area contributed by atoms with E-state index in [9.17, 15) is 9.59 Å². The number of rotatable bonds is 5. The Morgan fingerprint density at radius 1 is 1.29 bits per heavy atom. The third kappa shape index (κ3) is 3.90. The van der Waals surface area contributed by atoms with E-state index in [-0.39, 0.29) is 5.91 Å².